The van der Waals surface area contributed by atoms with Crippen LogP contribution in [0.3, 0.4) is 0 Å². The van der Waals surface area contributed by atoms with Gasteiger partial charge in [0.15, 0.2) is 0 Å². The summed E-state index contributed by atoms with van der Waals surface area (Å²) in [7, 11) is 1.58. The Hall–Kier alpha value is -0.510. The molecule has 1 heterocycles. The van der Waals surface area contributed by atoms with E-state index in [1.807, 2.05) is 0 Å². The summed E-state index contributed by atoms with van der Waals surface area (Å²) in [5, 5.41) is 0. The van der Waals surface area contributed by atoms with E-state index in [9.17, 15) is 0 Å². The Kier molecular flexibility index (Phi) is 1.53. The fourth-order valence-corrected chi connectivity index (χ4v) is 0.677. The van der Waals surface area contributed by atoms with E-state index in [1.54, 1.807) is 19.6 Å². The van der Waals surface area contributed by atoms with E-state index in [-0.39, 0.29) is 0 Å². The van der Waals surface area contributed by atoms with E-state index in [0.717, 1.165) is 4.60 Å². The van der Waals surface area contributed by atoms with Crippen molar-refractivity contribution < 1.29 is 4.84 Å². The van der Waals surface area contributed by atoms with Gasteiger partial charge >= 0.3 is 0 Å². The van der Waals surface area contributed by atoms with E-state index < -0.39 is 0 Å². The normalized spacial score (nSPS) is 9.25. The summed E-state index contributed by atoms with van der Waals surface area (Å²) in [6.45, 7) is 0. The van der Waals surface area contributed by atoms with E-state index in [4.69, 9.17) is 4.84 Å². The summed E-state index contributed by atoms with van der Waals surface area (Å²) in [6, 6.07) is 0. The molecule has 0 spiro atoms. The first-order chi connectivity index (χ1) is 3.83. The molecule has 0 N–H and O–H groups in total. The Morgan fingerprint density at radius 2 is 2.62 bits per heavy atom. The number of imidazole rings is 1. The number of halogens is 1. The van der Waals surface area contributed by atoms with Gasteiger partial charge in [-0.25, -0.2) is 4.98 Å². The average Bonchev–Trinajstić information content (AvgIpc) is 2.14. The van der Waals surface area contributed by atoms with Crippen LogP contribution in [-0.2, 0) is 0 Å². The third-order valence-corrected chi connectivity index (χ3v) is 1.15. The number of nitrogens with zero attached hydrogens (tertiary/aromatic N) is 2. The van der Waals surface area contributed by atoms with Gasteiger partial charge < -0.3 is 4.84 Å². The molecule has 1 aromatic heterocycles. The van der Waals surface area contributed by atoms with Crippen LogP contribution in [0.5, 0.6) is 0 Å². The second kappa shape index (κ2) is 2.17. The van der Waals surface area contributed by atoms with Crippen LogP contribution < -0.4 is 4.84 Å². The van der Waals surface area contributed by atoms with Crippen molar-refractivity contribution in [1.82, 2.24) is 9.71 Å². The summed E-state index contributed by atoms with van der Waals surface area (Å²) in [6.07, 6.45) is 3.30. The zero-order chi connectivity index (χ0) is 5.98. The van der Waals surface area contributed by atoms with Crippen LogP contribution in [0.2, 0.25) is 0 Å². The lowest BCUT2D eigenvalue weighted by molar-refractivity contribution is 0.166. The zero-order valence-electron chi connectivity index (χ0n) is 4.34. The quantitative estimate of drug-likeness (QED) is 0.631. The molecule has 3 nitrogen and oxygen atoms in total. The highest BCUT2D eigenvalue weighted by molar-refractivity contribution is 9.10. The molecule has 0 saturated carbocycles. The molecule has 0 aliphatic carbocycles. The molecule has 0 atom stereocenters. The molecule has 0 bridgehead atoms. The van der Waals surface area contributed by atoms with Crippen molar-refractivity contribution in [3.8, 4) is 0 Å². The molecule has 44 valence electrons. The molecule has 0 unspecified atom stereocenters. The van der Waals surface area contributed by atoms with Gasteiger partial charge in [0.1, 0.15) is 18.0 Å². The lowest BCUT2D eigenvalue weighted by Crippen LogP contribution is -2.00. The fraction of sp³-hybridized carbons (Fsp3) is 0.250. The van der Waals surface area contributed by atoms with Crippen LogP contribution in [-0.4, -0.2) is 16.8 Å². The van der Waals surface area contributed by atoms with Gasteiger partial charge in [-0.05, 0) is 15.9 Å². The van der Waals surface area contributed by atoms with E-state index in [2.05, 4.69) is 20.9 Å². The average molecular weight is 177 g/mol. The van der Waals surface area contributed by atoms with Crippen molar-refractivity contribution in [2.45, 2.75) is 0 Å². The van der Waals surface area contributed by atoms with Gasteiger partial charge in [0, 0.05) is 0 Å². The molecule has 8 heavy (non-hydrogen) atoms. The molecule has 0 saturated heterocycles. The summed E-state index contributed by atoms with van der Waals surface area (Å²) < 4.78 is 2.28. The minimum absolute atomic E-state index is 0.777. The van der Waals surface area contributed by atoms with Crippen molar-refractivity contribution in [2.24, 2.45) is 0 Å². The Morgan fingerprint density at radius 3 is 2.88 bits per heavy atom. The third kappa shape index (κ3) is 1.01. The zero-order valence-corrected chi connectivity index (χ0v) is 5.92. The Labute approximate surface area is 55.4 Å². The van der Waals surface area contributed by atoms with Gasteiger partial charge in [-0.1, -0.05) is 0 Å². The first kappa shape index (κ1) is 5.62. The van der Waals surface area contributed by atoms with Gasteiger partial charge in [-0.15, -0.1) is 0 Å². The number of hydrogen-bond acceptors (Lipinski definition) is 2. The van der Waals surface area contributed by atoms with Crippen molar-refractivity contribution in [1.29, 1.82) is 0 Å². The van der Waals surface area contributed by atoms with Gasteiger partial charge in [-0.2, -0.15) is 4.73 Å². The smallest absolute Gasteiger partial charge is 0.133 e. The van der Waals surface area contributed by atoms with Gasteiger partial charge in [0.25, 0.3) is 0 Å². The summed E-state index contributed by atoms with van der Waals surface area (Å²) >= 11 is 3.16. The maximum absolute atomic E-state index is 4.76. The lowest BCUT2D eigenvalue weighted by atomic mass is 11.0. The molecule has 0 aromatic carbocycles. The van der Waals surface area contributed by atoms with Crippen LogP contribution >= 0.6 is 15.9 Å². The monoisotopic (exact) mass is 176 g/mol. The van der Waals surface area contributed by atoms with Crippen LogP contribution in [0.1, 0.15) is 0 Å². The second-order valence-corrected chi connectivity index (χ2v) is 2.05. The van der Waals surface area contributed by atoms with Gasteiger partial charge in [0.05, 0.1) is 6.20 Å². The second-order valence-electron chi connectivity index (χ2n) is 1.24. The molecule has 0 aliphatic rings. The number of aromatic nitrogens is 2. The molecule has 0 fully saturated rings. The highest BCUT2D eigenvalue weighted by Crippen LogP contribution is 2.01. The first-order valence-electron chi connectivity index (χ1n) is 2.07. The Morgan fingerprint density at radius 1 is 1.88 bits per heavy atom. The lowest BCUT2D eigenvalue weighted by Gasteiger charge is -1.92. The predicted molar refractivity (Wildman–Crippen MR) is 32.4 cm³/mol. The van der Waals surface area contributed by atoms with Crippen LogP contribution in [0.4, 0.5) is 0 Å². The van der Waals surface area contributed by atoms with E-state index in [1.165, 1.54) is 4.73 Å². The highest BCUT2D eigenvalue weighted by Gasteiger charge is 1.88. The molecule has 4 heteroatoms. The molecular formula is C4H5BrN2O. The fourth-order valence-electron chi connectivity index (χ4n) is 0.384. The molecule has 0 aliphatic heterocycles. The summed E-state index contributed by atoms with van der Waals surface area (Å²) in [5.41, 5.74) is 0. The third-order valence-electron chi connectivity index (χ3n) is 0.739. The first-order valence-corrected chi connectivity index (χ1v) is 2.86. The van der Waals surface area contributed by atoms with Crippen molar-refractivity contribution in [3.05, 3.63) is 17.1 Å². The van der Waals surface area contributed by atoms with Crippen LogP contribution in [0.15, 0.2) is 17.1 Å². The maximum atomic E-state index is 4.76. The summed E-state index contributed by atoms with van der Waals surface area (Å²) in [5.74, 6) is 0. The molecular weight excluding hydrogens is 172 g/mol. The molecule has 0 amide bonds. The summed E-state index contributed by atoms with van der Waals surface area (Å²) in [4.78, 5) is 8.60. The Bertz CT molecular complexity index is 174. The van der Waals surface area contributed by atoms with Crippen LogP contribution in [0, 0.1) is 0 Å². The van der Waals surface area contributed by atoms with Gasteiger partial charge in [-0.3, -0.25) is 0 Å². The van der Waals surface area contributed by atoms with E-state index >= 15 is 0 Å². The van der Waals surface area contributed by atoms with Crippen LogP contribution in [0.25, 0.3) is 0 Å². The van der Waals surface area contributed by atoms with Crippen molar-refractivity contribution in [3.63, 3.8) is 0 Å². The van der Waals surface area contributed by atoms with Crippen molar-refractivity contribution in [2.75, 3.05) is 7.11 Å². The number of rotatable bonds is 1. The molecule has 1 rings (SSSR count). The minimum Gasteiger partial charge on any atom is -0.416 e. The standard InChI is InChI=1S/C4H5BrN2O/c1-8-7-2-4(5)6-3-7/h2-3H,1H3. The van der Waals surface area contributed by atoms with E-state index in [0.29, 0.717) is 0 Å². The molecule has 0 radical (unpaired) electrons. The minimum atomic E-state index is 0.777. The largest absolute Gasteiger partial charge is 0.416 e. The van der Waals surface area contributed by atoms with Gasteiger partial charge in [0.2, 0.25) is 0 Å². The maximum Gasteiger partial charge on any atom is 0.133 e. The topological polar surface area (TPSA) is 27.1 Å². The Balaban J connectivity index is 2.84. The predicted octanol–water partition coefficient (Wildman–Crippen LogP) is 0.704. The van der Waals surface area contributed by atoms with Crippen molar-refractivity contribution >= 4 is 15.9 Å². The highest BCUT2D eigenvalue weighted by atomic mass is 79.9. The number of hydrogen-bond donors (Lipinski definition) is 0. The molecule has 1 aromatic rings. The SMILES string of the molecule is COn1cnc(Br)c1.